The molecule has 1 atom stereocenters. The van der Waals surface area contributed by atoms with Gasteiger partial charge in [-0.05, 0) is 19.3 Å². The number of nitrogens with one attached hydrogen (secondary N) is 1. The Morgan fingerprint density at radius 1 is 1.73 bits per heavy atom. The Balaban J connectivity index is 2.40. The molecule has 0 fully saturated rings. The summed E-state index contributed by atoms with van der Waals surface area (Å²) in [4.78, 5) is 16.4. The number of aryl methyl sites for hydroxylation is 1. The minimum Gasteiger partial charge on any atom is -0.351 e. The van der Waals surface area contributed by atoms with Gasteiger partial charge in [0.2, 0.25) is 0 Å². The number of nitrogens with zero attached hydrogens (tertiary/aromatic N) is 1. The van der Waals surface area contributed by atoms with Gasteiger partial charge in [-0.1, -0.05) is 6.92 Å². The third kappa shape index (κ3) is 3.80. The molecule has 1 aromatic rings. The maximum Gasteiger partial charge on any atom is 0.263 e. The fraction of sp³-hybridized carbons (Fsp3) is 0.600. The molecule has 0 aliphatic rings. The van der Waals surface area contributed by atoms with Crippen molar-refractivity contribution in [3.05, 3.63) is 16.1 Å². The van der Waals surface area contributed by atoms with Gasteiger partial charge in [0.1, 0.15) is 4.88 Å². The van der Waals surface area contributed by atoms with Gasteiger partial charge in [0, 0.05) is 12.4 Å². The number of amides is 1. The number of hydrogen-bond donors (Lipinski definition) is 1. The summed E-state index contributed by atoms with van der Waals surface area (Å²) in [5.41, 5.74) is 2.48. The molecule has 3 nitrogen and oxygen atoms in total. The molecule has 15 heavy (non-hydrogen) atoms. The van der Waals surface area contributed by atoms with Gasteiger partial charge in [0.25, 0.3) is 5.91 Å². The molecule has 1 unspecified atom stereocenters. The zero-order valence-corrected chi connectivity index (χ0v) is 10.5. The lowest BCUT2D eigenvalue weighted by atomic mass is 10.1. The van der Waals surface area contributed by atoms with Crippen molar-refractivity contribution in [3.63, 3.8) is 0 Å². The van der Waals surface area contributed by atoms with Crippen LogP contribution in [0.15, 0.2) is 5.51 Å². The molecule has 0 radical (unpaired) electrons. The molecule has 84 valence electrons. The number of carbonyl (C=O) groups is 1. The highest BCUT2D eigenvalue weighted by molar-refractivity contribution is 7.11. The lowest BCUT2D eigenvalue weighted by Crippen LogP contribution is -2.28. The van der Waals surface area contributed by atoms with Gasteiger partial charge in [0.05, 0.1) is 11.2 Å². The third-order valence-electron chi connectivity index (χ3n) is 2.16. The van der Waals surface area contributed by atoms with Gasteiger partial charge in [-0.2, -0.15) is 0 Å². The second-order valence-corrected chi connectivity index (χ2v) is 4.79. The van der Waals surface area contributed by atoms with Crippen LogP contribution in [0.5, 0.6) is 0 Å². The van der Waals surface area contributed by atoms with Gasteiger partial charge >= 0.3 is 0 Å². The molecule has 0 saturated heterocycles. The minimum absolute atomic E-state index is 0.0311. The van der Waals surface area contributed by atoms with E-state index in [9.17, 15) is 4.79 Å². The van der Waals surface area contributed by atoms with Crippen LogP contribution in [0.25, 0.3) is 0 Å². The Hall–Kier alpha value is -0.610. The zero-order chi connectivity index (χ0) is 11.3. The molecule has 1 rings (SSSR count). The fourth-order valence-corrected chi connectivity index (χ4v) is 2.25. The highest BCUT2D eigenvalue weighted by Gasteiger charge is 2.12. The van der Waals surface area contributed by atoms with Gasteiger partial charge in [-0.3, -0.25) is 4.79 Å². The van der Waals surface area contributed by atoms with Crippen LogP contribution in [0, 0.1) is 12.8 Å². The minimum atomic E-state index is -0.0311. The lowest BCUT2D eigenvalue weighted by molar-refractivity contribution is 0.0951. The number of halogens is 1. The van der Waals surface area contributed by atoms with Crippen molar-refractivity contribution in [3.8, 4) is 0 Å². The molecule has 0 aliphatic carbocycles. The van der Waals surface area contributed by atoms with Crippen molar-refractivity contribution in [2.75, 3.05) is 12.4 Å². The summed E-state index contributed by atoms with van der Waals surface area (Å²) >= 11 is 6.99. The Bertz CT molecular complexity index is 327. The van der Waals surface area contributed by atoms with Crippen LogP contribution in [-0.4, -0.2) is 23.3 Å². The van der Waals surface area contributed by atoms with Gasteiger partial charge in [-0.15, -0.1) is 22.9 Å². The summed E-state index contributed by atoms with van der Waals surface area (Å²) in [5, 5.41) is 2.88. The lowest BCUT2D eigenvalue weighted by Gasteiger charge is -2.10. The first-order valence-electron chi connectivity index (χ1n) is 4.89. The molecular formula is C10H15ClN2OS. The van der Waals surface area contributed by atoms with Crippen molar-refractivity contribution in [1.29, 1.82) is 0 Å². The Kier molecular flexibility index (Phi) is 5.05. The summed E-state index contributed by atoms with van der Waals surface area (Å²) in [6.07, 6.45) is 0.920. The van der Waals surface area contributed by atoms with E-state index in [1.807, 2.05) is 6.92 Å². The van der Waals surface area contributed by atoms with E-state index in [4.69, 9.17) is 11.6 Å². The molecule has 1 amide bonds. The second kappa shape index (κ2) is 6.08. The van der Waals surface area contributed by atoms with Crippen molar-refractivity contribution >= 4 is 28.8 Å². The van der Waals surface area contributed by atoms with E-state index < -0.39 is 0 Å². The molecule has 0 bridgehead atoms. The number of rotatable bonds is 5. The van der Waals surface area contributed by atoms with E-state index in [1.54, 1.807) is 5.51 Å². The van der Waals surface area contributed by atoms with Gasteiger partial charge in [-0.25, -0.2) is 4.98 Å². The summed E-state index contributed by atoms with van der Waals surface area (Å²) < 4.78 is 0. The Morgan fingerprint density at radius 3 is 3.00 bits per heavy atom. The molecule has 5 heteroatoms. The van der Waals surface area contributed by atoms with E-state index in [-0.39, 0.29) is 5.91 Å². The summed E-state index contributed by atoms with van der Waals surface area (Å²) in [5.74, 6) is 1.02. The van der Waals surface area contributed by atoms with E-state index >= 15 is 0 Å². The number of alkyl halides is 1. The second-order valence-electron chi connectivity index (χ2n) is 3.56. The topological polar surface area (TPSA) is 42.0 Å². The average molecular weight is 247 g/mol. The molecule has 1 aromatic heterocycles. The van der Waals surface area contributed by atoms with E-state index in [2.05, 4.69) is 17.2 Å². The smallest absolute Gasteiger partial charge is 0.263 e. The van der Waals surface area contributed by atoms with Crippen LogP contribution >= 0.6 is 22.9 Å². The quantitative estimate of drug-likeness (QED) is 0.811. The van der Waals surface area contributed by atoms with Crippen LogP contribution in [0.2, 0.25) is 0 Å². The van der Waals surface area contributed by atoms with E-state index in [0.717, 1.165) is 12.1 Å². The van der Waals surface area contributed by atoms with Crippen molar-refractivity contribution < 1.29 is 4.79 Å². The van der Waals surface area contributed by atoms with Crippen LogP contribution < -0.4 is 5.32 Å². The number of aromatic nitrogens is 1. The molecule has 0 saturated carbocycles. The molecule has 0 aliphatic heterocycles. The largest absolute Gasteiger partial charge is 0.351 e. The summed E-state index contributed by atoms with van der Waals surface area (Å²) in [6, 6.07) is 0. The normalized spacial score (nSPS) is 12.5. The molecule has 1 heterocycles. The maximum absolute atomic E-state index is 11.7. The first kappa shape index (κ1) is 12.5. The predicted octanol–water partition coefficient (Wildman–Crippen LogP) is 2.45. The molecule has 0 spiro atoms. The summed E-state index contributed by atoms with van der Waals surface area (Å²) in [7, 11) is 0. The first-order chi connectivity index (χ1) is 7.15. The number of carbonyl (C=O) groups excluding carboxylic acids is 1. The van der Waals surface area contributed by atoms with Crippen LogP contribution in [-0.2, 0) is 0 Å². The monoisotopic (exact) mass is 246 g/mol. The van der Waals surface area contributed by atoms with Crippen molar-refractivity contribution in [2.24, 2.45) is 5.92 Å². The number of hydrogen-bond acceptors (Lipinski definition) is 3. The maximum atomic E-state index is 11.7. The summed E-state index contributed by atoms with van der Waals surface area (Å²) in [6.45, 7) is 4.58. The zero-order valence-electron chi connectivity index (χ0n) is 8.92. The highest BCUT2D eigenvalue weighted by atomic mass is 35.5. The molecule has 0 aromatic carbocycles. The average Bonchev–Trinajstić information content (AvgIpc) is 2.61. The van der Waals surface area contributed by atoms with Gasteiger partial charge in [0.15, 0.2) is 0 Å². The van der Waals surface area contributed by atoms with Crippen LogP contribution in [0.3, 0.4) is 0 Å². The standard InChI is InChI=1S/C10H15ClN2OS/c1-7(3-4-11)5-12-10(14)9-8(2)13-6-15-9/h6-7H,3-5H2,1-2H3,(H,12,14). The van der Waals surface area contributed by atoms with Crippen molar-refractivity contribution in [1.82, 2.24) is 10.3 Å². The Morgan fingerprint density at radius 2 is 2.47 bits per heavy atom. The third-order valence-corrected chi connectivity index (χ3v) is 3.31. The van der Waals surface area contributed by atoms with Crippen LogP contribution in [0.1, 0.15) is 28.7 Å². The van der Waals surface area contributed by atoms with E-state index in [1.165, 1.54) is 11.3 Å². The van der Waals surface area contributed by atoms with Gasteiger partial charge < -0.3 is 5.32 Å². The fourth-order valence-electron chi connectivity index (χ4n) is 1.16. The number of thiazole rings is 1. The Labute approximate surface area is 98.9 Å². The first-order valence-corrected chi connectivity index (χ1v) is 6.30. The van der Waals surface area contributed by atoms with Crippen LogP contribution in [0.4, 0.5) is 0 Å². The highest BCUT2D eigenvalue weighted by Crippen LogP contribution is 2.11. The predicted molar refractivity (Wildman–Crippen MR) is 63.7 cm³/mol. The van der Waals surface area contributed by atoms with Crippen molar-refractivity contribution in [2.45, 2.75) is 20.3 Å². The molecule has 1 N–H and O–H groups in total. The van der Waals surface area contributed by atoms with E-state index in [0.29, 0.717) is 23.2 Å². The SMILES string of the molecule is Cc1ncsc1C(=O)NCC(C)CCCl. The molecular weight excluding hydrogens is 232 g/mol.